The molecule has 0 aliphatic heterocycles. The Balaban J connectivity index is 0.000000292. The number of hydrogen-bond acceptors (Lipinski definition) is 18. The maximum absolute atomic E-state index is 13.0. The normalized spacial score (nSPS) is 27.2. The highest BCUT2D eigenvalue weighted by Crippen LogP contribution is 2.56. The molecule has 0 aromatic carbocycles. The molecular formula is C84H142O14S4. The number of unbranched alkanes of at least 4 members (excludes halogenated alkanes) is 5. The van der Waals surface area contributed by atoms with Crippen molar-refractivity contribution in [3.8, 4) is 0 Å². The van der Waals surface area contributed by atoms with Gasteiger partial charge in [-0.05, 0) is 326 Å². The van der Waals surface area contributed by atoms with Gasteiger partial charge in [-0.3, -0.25) is 28.8 Å². The molecule has 0 spiro atoms. The van der Waals surface area contributed by atoms with Crippen molar-refractivity contribution in [3.05, 3.63) is 24.3 Å². The van der Waals surface area contributed by atoms with Crippen molar-refractivity contribution in [1.82, 2.24) is 0 Å². The Hall–Kier alpha value is -2.38. The van der Waals surface area contributed by atoms with Crippen molar-refractivity contribution in [2.75, 3.05) is 51.1 Å². The van der Waals surface area contributed by atoms with E-state index in [1.165, 1.54) is 89.9 Å². The first-order valence-electron chi connectivity index (χ1n) is 41.3. The molecule has 14 nitrogen and oxygen atoms in total. The molecule has 8 aliphatic carbocycles. The number of aliphatic hydroxyl groups excluding tert-OH is 2. The van der Waals surface area contributed by atoms with Gasteiger partial charge in [-0.25, -0.2) is 0 Å². The lowest BCUT2D eigenvalue weighted by atomic mass is 9.82. The molecule has 0 radical (unpaired) electrons. The molecule has 18 atom stereocenters. The van der Waals surface area contributed by atoms with Crippen LogP contribution in [0.25, 0.3) is 0 Å². The van der Waals surface area contributed by atoms with Gasteiger partial charge in [0.15, 0.2) is 0 Å². The number of thioether (sulfide) groups is 2. The van der Waals surface area contributed by atoms with Crippen molar-refractivity contribution in [3.63, 3.8) is 0 Å². The van der Waals surface area contributed by atoms with Gasteiger partial charge in [0, 0.05) is 36.6 Å². The third kappa shape index (κ3) is 32.8. The zero-order chi connectivity index (χ0) is 73.8. The lowest BCUT2D eigenvalue weighted by molar-refractivity contribution is -0.154. The summed E-state index contributed by atoms with van der Waals surface area (Å²) in [6.07, 6.45) is 43.2. The molecule has 6 saturated carbocycles. The molecule has 0 aromatic heterocycles. The summed E-state index contributed by atoms with van der Waals surface area (Å²) in [6, 6.07) is 0. The first-order valence-corrected chi connectivity index (χ1v) is 44.5. The number of ether oxygens (including phenoxy) is 6. The SMILES string of the molecule is CC(C)OC(=O)C(CCCOC(=O)CCCCOC(=O)C(CCCO)CCC1CC2C=CC1C2)CCC1CC2C=CC1C2.CC(C)OC(=O)C(CCCOC(=O)CCCCOC(=O)C(CCCO)CCC1CC2CC1CC2SC(C)C)CCC1CC2CC(SC(C)C)C1C2.SCCCCCCS. The van der Waals surface area contributed by atoms with E-state index in [2.05, 4.69) is 101 Å². The van der Waals surface area contributed by atoms with Crippen LogP contribution in [0.2, 0.25) is 0 Å². The van der Waals surface area contributed by atoms with Gasteiger partial charge in [0.2, 0.25) is 0 Å². The van der Waals surface area contributed by atoms with Gasteiger partial charge >= 0.3 is 35.8 Å². The number of thiol groups is 2. The summed E-state index contributed by atoms with van der Waals surface area (Å²) in [5.74, 6) is 9.33. The fourth-order valence-corrected chi connectivity index (χ4v) is 22.1. The topological polar surface area (TPSA) is 198 Å². The van der Waals surface area contributed by atoms with Crippen LogP contribution in [0.15, 0.2) is 24.3 Å². The molecule has 6 fully saturated rings. The highest BCUT2D eigenvalue weighted by Gasteiger charge is 2.48. The summed E-state index contributed by atoms with van der Waals surface area (Å²) in [4.78, 5) is 76.2. The predicted molar refractivity (Wildman–Crippen MR) is 422 cm³/mol. The molecule has 2 N–H and O–H groups in total. The summed E-state index contributed by atoms with van der Waals surface area (Å²) >= 11 is 12.5. The molecule has 8 bridgehead atoms. The first-order chi connectivity index (χ1) is 49.2. The number of rotatable bonds is 51. The number of carbonyl (C=O) groups is 6. The average Bonchev–Trinajstić information content (AvgIpc) is 1.65. The molecule has 102 heavy (non-hydrogen) atoms. The minimum absolute atomic E-state index is 0.0878. The second kappa shape index (κ2) is 49.6. The number of hydrogen-bond donors (Lipinski definition) is 4. The number of esters is 6. The van der Waals surface area contributed by atoms with Gasteiger partial charge in [-0.2, -0.15) is 48.8 Å². The average molecular weight is 1500 g/mol. The van der Waals surface area contributed by atoms with Crippen LogP contribution in [-0.2, 0) is 57.2 Å². The van der Waals surface area contributed by atoms with Gasteiger partial charge in [-0.1, -0.05) is 64.8 Å². The van der Waals surface area contributed by atoms with Gasteiger partial charge in [0.05, 0.1) is 62.3 Å². The standard InChI is InChI=1S/C42H72O7S2.C36H56O7.C6H14S2/c1-27(2)49-42(46)32(15-17-34-21-30-22-37(34)39(23-30)51-29(5)6)12-10-20-47-40(44)13-7-8-19-48-41(45)31(11-9-18-43)14-16-33-24-36-25-35(33)26-38(36)50-28(3)4;1-25(2)43-36(40)29(15-17-33-24-27-11-13-31(33)22-27)8-6-20-41-34(38)9-3-4-19-42-35(39)28(7-5-18-37)14-16-32-23-26-10-12-30(32)21-26;7-5-3-1-2-4-6-8/h27-39,43H,7-26H2,1-6H3;10-13,25-33,37H,3-9,14-24H2,1-2H3;7-8H,1-6H2. The summed E-state index contributed by atoms with van der Waals surface area (Å²) < 4.78 is 33.4. The highest BCUT2D eigenvalue weighted by atomic mass is 32.2. The monoisotopic (exact) mass is 1500 g/mol. The summed E-state index contributed by atoms with van der Waals surface area (Å²) in [5.41, 5.74) is 0. The van der Waals surface area contributed by atoms with Crippen LogP contribution in [0.1, 0.15) is 287 Å². The van der Waals surface area contributed by atoms with Crippen LogP contribution in [-0.4, -0.2) is 130 Å². The highest BCUT2D eigenvalue weighted by molar-refractivity contribution is 8.00. The molecule has 0 saturated heterocycles. The van der Waals surface area contributed by atoms with E-state index < -0.39 is 0 Å². The van der Waals surface area contributed by atoms with E-state index in [-0.39, 0.29) is 84.9 Å². The van der Waals surface area contributed by atoms with E-state index in [0.717, 1.165) is 115 Å². The molecule has 0 heterocycles. The fourth-order valence-electron chi connectivity index (χ4n) is 18.5. The van der Waals surface area contributed by atoms with Crippen LogP contribution in [0.3, 0.4) is 0 Å². The third-order valence-corrected chi connectivity index (χ3v) is 27.1. The Morgan fingerprint density at radius 3 is 1.22 bits per heavy atom. The van der Waals surface area contributed by atoms with Crippen molar-refractivity contribution in [2.45, 2.75) is 320 Å². The minimum Gasteiger partial charge on any atom is -0.466 e. The largest absolute Gasteiger partial charge is 0.466 e. The molecule has 0 aromatic rings. The number of carbonyl (C=O) groups excluding carboxylic acids is 6. The Morgan fingerprint density at radius 1 is 0.392 bits per heavy atom. The lowest BCUT2D eigenvalue weighted by Crippen LogP contribution is -2.26. The van der Waals surface area contributed by atoms with Crippen LogP contribution in [0, 0.1) is 94.7 Å². The maximum atomic E-state index is 13.0. The third-order valence-electron chi connectivity index (χ3n) is 23.6. The first kappa shape index (κ1) is 88.5. The molecule has 0 amide bonds. The Morgan fingerprint density at radius 2 is 0.824 bits per heavy atom. The van der Waals surface area contributed by atoms with Crippen LogP contribution >= 0.6 is 48.8 Å². The summed E-state index contributed by atoms with van der Waals surface area (Å²) in [6.45, 7) is 18.2. The predicted octanol–water partition coefficient (Wildman–Crippen LogP) is 19.0. The van der Waals surface area contributed by atoms with E-state index >= 15 is 0 Å². The maximum Gasteiger partial charge on any atom is 0.309 e. The van der Waals surface area contributed by atoms with E-state index in [9.17, 15) is 39.0 Å². The molecule has 8 aliphatic rings. The van der Waals surface area contributed by atoms with Crippen molar-refractivity contribution in [2.24, 2.45) is 94.7 Å². The van der Waals surface area contributed by atoms with Crippen LogP contribution in [0.5, 0.6) is 0 Å². The van der Waals surface area contributed by atoms with Gasteiger partial charge in [-0.15, -0.1) is 0 Å². The van der Waals surface area contributed by atoms with Crippen molar-refractivity contribution >= 4 is 84.6 Å². The second-order valence-electron chi connectivity index (χ2n) is 33.1. The van der Waals surface area contributed by atoms with E-state index in [0.29, 0.717) is 156 Å². The molecule has 586 valence electrons. The zero-order valence-electron chi connectivity index (χ0n) is 64.6. The molecule has 18 heteroatoms. The van der Waals surface area contributed by atoms with Gasteiger partial charge < -0.3 is 38.6 Å². The number of allylic oxidation sites excluding steroid dienone is 4. The Bertz CT molecular complexity index is 2450. The van der Waals surface area contributed by atoms with Crippen LogP contribution < -0.4 is 0 Å². The number of fused-ring (bicyclic) bond motifs is 8. The molecule has 18 unspecified atom stereocenters. The van der Waals surface area contributed by atoms with Crippen molar-refractivity contribution < 1.29 is 67.4 Å². The number of aliphatic hydroxyl groups is 2. The molecule has 8 rings (SSSR count). The zero-order valence-corrected chi connectivity index (χ0v) is 68.0. The fraction of sp³-hybridized carbons (Fsp3) is 0.881. The minimum atomic E-state index is -0.248. The smallest absolute Gasteiger partial charge is 0.309 e. The van der Waals surface area contributed by atoms with Crippen LogP contribution in [0.4, 0.5) is 0 Å². The second-order valence-corrected chi connectivity index (χ2v) is 37.7. The Labute approximate surface area is 637 Å². The lowest BCUT2D eigenvalue weighted by Gasteiger charge is -2.31. The molecular weight excluding hydrogens is 1360 g/mol. The summed E-state index contributed by atoms with van der Waals surface area (Å²) in [5, 5.41) is 21.6. The van der Waals surface area contributed by atoms with Gasteiger partial charge in [0.25, 0.3) is 0 Å². The quantitative estimate of drug-likeness (QED) is 0.0147. The van der Waals surface area contributed by atoms with Gasteiger partial charge in [0.1, 0.15) is 0 Å². The Kier molecular flexibility index (Phi) is 43.1. The van der Waals surface area contributed by atoms with Crippen molar-refractivity contribution in [1.29, 1.82) is 0 Å². The summed E-state index contributed by atoms with van der Waals surface area (Å²) in [7, 11) is 0. The van der Waals surface area contributed by atoms with E-state index in [1.54, 1.807) is 0 Å². The van der Waals surface area contributed by atoms with E-state index in [4.69, 9.17) is 28.4 Å². The van der Waals surface area contributed by atoms with E-state index in [1.807, 2.05) is 27.7 Å².